The summed E-state index contributed by atoms with van der Waals surface area (Å²) >= 11 is 3.39. The van der Waals surface area contributed by atoms with Crippen molar-refractivity contribution in [3.63, 3.8) is 0 Å². The maximum Gasteiger partial charge on any atom is 0.265 e. The van der Waals surface area contributed by atoms with Crippen molar-refractivity contribution >= 4 is 26.8 Å². The van der Waals surface area contributed by atoms with Crippen LogP contribution in [0, 0.1) is 20.8 Å². The van der Waals surface area contributed by atoms with Crippen molar-refractivity contribution < 1.29 is 5.11 Å². The van der Waals surface area contributed by atoms with Gasteiger partial charge in [0.1, 0.15) is 11.6 Å². The van der Waals surface area contributed by atoms with Crippen molar-refractivity contribution in [2.24, 2.45) is 0 Å². The van der Waals surface area contributed by atoms with Gasteiger partial charge in [0.15, 0.2) is 0 Å². The third-order valence-electron chi connectivity index (χ3n) is 3.73. The quantitative estimate of drug-likeness (QED) is 0.720. The van der Waals surface area contributed by atoms with Gasteiger partial charge in [-0.2, -0.15) is 0 Å². The summed E-state index contributed by atoms with van der Waals surface area (Å²) in [6, 6.07) is 9.06. The van der Waals surface area contributed by atoms with Crippen LogP contribution < -0.4 is 5.56 Å². The van der Waals surface area contributed by atoms with E-state index in [1.54, 1.807) is 29.7 Å². The van der Waals surface area contributed by atoms with Crippen LogP contribution in [0.1, 0.15) is 17.0 Å². The minimum absolute atomic E-state index is 0.117. The Hall–Kier alpha value is -2.14. The van der Waals surface area contributed by atoms with Crippen LogP contribution in [0.15, 0.2) is 39.6 Å². The lowest BCUT2D eigenvalue weighted by Gasteiger charge is -2.13. The summed E-state index contributed by atoms with van der Waals surface area (Å²) in [6.45, 7) is 5.44. The van der Waals surface area contributed by atoms with Gasteiger partial charge in [-0.3, -0.25) is 9.36 Å². The molecule has 112 valence electrons. The molecule has 0 bridgehead atoms. The first-order valence-electron chi connectivity index (χ1n) is 6.88. The van der Waals surface area contributed by atoms with Crippen LogP contribution in [0.3, 0.4) is 0 Å². The van der Waals surface area contributed by atoms with Gasteiger partial charge in [0.2, 0.25) is 0 Å². The minimum Gasteiger partial charge on any atom is -0.507 e. The van der Waals surface area contributed by atoms with Gasteiger partial charge in [-0.15, -0.1) is 0 Å². The van der Waals surface area contributed by atoms with Gasteiger partial charge in [-0.05, 0) is 62.2 Å². The molecular formula is C17H15BrN2O2. The molecule has 0 aliphatic carbocycles. The predicted molar refractivity (Wildman–Crippen MR) is 90.9 cm³/mol. The first kappa shape index (κ1) is 14.8. The van der Waals surface area contributed by atoms with Gasteiger partial charge < -0.3 is 5.11 Å². The summed E-state index contributed by atoms with van der Waals surface area (Å²) in [5, 5.41) is 10.5. The average Bonchev–Trinajstić information content (AvgIpc) is 2.45. The largest absolute Gasteiger partial charge is 0.507 e. The third-order valence-corrected chi connectivity index (χ3v) is 4.23. The molecule has 4 nitrogen and oxygen atoms in total. The first-order valence-corrected chi connectivity index (χ1v) is 7.67. The fourth-order valence-electron chi connectivity index (χ4n) is 2.64. The molecule has 0 atom stereocenters. The SMILES string of the molecule is Cc1cc(-n2c(C)nc3ccc(Br)cc3c2=O)cc(C)c1O. The Morgan fingerprint density at radius 1 is 1.09 bits per heavy atom. The molecule has 3 aromatic rings. The Morgan fingerprint density at radius 3 is 2.36 bits per heavy atom. The topological polar surface area (TPSA) is 55.1 Å². The number of aromatic nitrogens is 2. The van der Waals surface area contributed by atoms with Crippen molar-refractivity contribution in [2.45, 2.75) is 20.8 Å². The van der Waals surface area contributed by atoms with Crippen molar-refractivity contribution in [3.8, 4) is 11.4 Å². The molecule has 1 heterocycles. The van der Waals surface area contributed by atoms with Crippen molar-refractivity contribution in [3.05, 3.63) is 62.1 Å². The Balaban J connectivity index is 2.38. The molecule has 5 heteroatoms. The molecule has 0 amide bonds. The van der Waals surface area contributed by atoms with E-state index in [2.05, 4.69) is 20.9 Å². The highest BCUT2D eigenvalue weighted by atomic mass is 79.9. The van der Waals surface area contributed by atoms with Gasteiger partial charge in [0, 0.05) is 4.47 Å². The summed E-state index contributed by atoms with van der Waals surface area (Å²) in [7, 11) is 0. The predicted octanol–water partition coefficient (Wildman–Crippen LogP) is 3.78. The smallest absolute Gasteiger partial charge is 0.265 e. The average molecular weight is 359 g/mol. The highest BCUT2D eigenvalue weighted by Gasteiger charge is 2.12. The number of phenols is 1. The molecule has 1 aromatic heterocycles. The van der Waals surface area contributed by atoms with Crippen LogP contribution in [-0.4, -0.2) is 14.7 Å². The van der Waals surface area contributed by atoms with Crippen LogP contribution in [0.2, 0.25) is 0 Å². The van der Waals surface area contributed by atoms with E-state index in [-0.39, 0.29) is 11.3 Å². The highest BCUT2D eigenvalue weighted by molar-refractivity contribution is 9.10. The molecule has 0 radical (unpaired) electrons. The summed E-state index contributed by atoms with van der Waals surface area (Å²) in [6.07, 6.45) is 0. The highest BCUT2D eigenvalue weighted by Crippen LogP contribution is 2.25. The zero-order valence-electron chi connectivity index (χ0n) is 12.5. The monoisotopic (exact) mass is 358 g/mol. The zero-order valence-corrected chi connectivity index (χ0v) is 14.1. The normalized spacial score (nSPS) is 11.1. The number of hydrogen-bond donors (Lipinski definition) is 1. The van der Waals surface area contributed by atoms with Crippen molar-refractivity contribution in [2.75, 3.05) is 0 Å². The number of halogens is 1. The van der Waals surface area contributed by atoms with Crippen LogP contribution in [0.4, 0.5) is 0 Å². The van der Waals surface area contributed by atoms with Gasteiger partial charge in [-0.25, -0.2) is 4.98 Å². The lowest BCUT2D eigenvalue weighted by molar-refractivity contribution is 0.466. The van der Waals surface area contributed by atoms with E-state index in [9.17, 15) is 9.90 Å². The number of phenolic OH excluding ortho intramolecular Hbond substituents is 1. The van der Waals surface area contributed by atoms with E-state index in [0.717, 1.165) is 15.6 Å². The molecule has 0 spiro atoms. The maximum absolute atomic E-state index is 12.8. The third kappa shape index (κ3) is 2.31. The molecule has 0 fully saturated rings. The Labute approximate surface area is 136 Å². The second kappa shape index (κ2) is 5.25. The van der Waals surface area contributed by atoms with E-state index in [0.29, 0.717) is 22.4 Å². The van der Waals surface area contributed by atoms with Gasteiger partial charge >= 0.3 is 0 Å². The Bertz CT molecular complexity index is 938. The summed E-state index contributed by atoms with van der Waals surface area (Å²) < 4.78 is 2.42. The maximum atomic E-state index is 12.8. The molecule has 22 heavy (non-hydrogen) atoms. The summed E-state index contributed by atoms with van der Waals surface area (Å²) in [5.74, 6) is 0.871. The van der Waals surface area contributed by atoms with Gasteiger partial charge in [0.05, 0.1) is 16.6 Å². The van der Waals surface area contributed by atoms with Crippen LogP contribution in [-0.2, 0) is 0 Å². The second-order valence-corrected chi connectivity index (χ2v) is 6.30. The number of aryl methyl sites for hydroxylation is 3. The number of rotatable bonds is 1. The van der Waals surface area contributed by atoms with Gasteiger partial charge in [0.25, 0.3) is 5.56 Å². The van der Waals surface area contributed by atoms with E-state index < -0.39 is 0 Å². The Kier molecular flexibility index (Phi) is 3.53. The molecule has 3 rings (SSSR count). The number of aromatic hydroxyl groups is 1. The molecule has 0 aliphatic rings. The van der Waals surface area contributed by atoms with E-state index in [1.807, 2.05) is 26.0 Å². The molecule has 2 aromatic carbocycles. The molecule has 0 saturated carbocycles. The standard InChI is InChI=1S/C17H15BrN2O2/c1-9-6-13(7-10(2)16(9)21)20-11(3)19-15-5-4-12(18)8-14(15)17(20)22/h4-8,21H,1-3H3. The lowest BCUT2D eigenvalue weighted by Crippen LogP contribution is -2.22. The van der Waals surface area contributed by atoms with E-state index in [1.165, 1.54) is 0 Å². The van der Waals surface area contributed by atoms with Crippen LogP contribution in [0.5, 0.6) is 5.75 Å². The minimum atomic E-state index is -0.117. The molecule has 0 saturated heterocycles. The summed E-state index contributed by atoms with van der Waals surface area (Å²) in [5.41, 5.74) is 2.73. The fourth-order valence-corrected chi connectivity index (χ4v) is 3.00. The summed E-state index contributed by atoms with van der Waals surface area (Å²) in [4.78, 5) is 17.4. The molecule has 0 aliphatic heterocycles. The number of nitrogens with zero attached hydrogens (tertiary/aromatic N) is 2. The van der Waals surface area contributed by atoms with E-state index in [4.69, 9.17) is 0 Å². The zero-order chi connectivity index (χ0) is 16.0. The van der Waals surface area contributed by atoms with E-state index >= 15 is 0 Å². The van der Waals surface area contributed by atoms with Crippen molar-refractivity contribution in [1.82, 2.24) is 9.55 Å². The molecule has 1 N–H and O–H groups in total. The van der Waals surface area contributed by atoms with Crippen LogP contribution >= 0.6 is 15.9 Å². The number of fused-ring (bicyclic) bond motifs is 1. The fraction of sp³-hybridized carbons (Fsp3) is 0.176. The first-order chi connectivity index (χ1) is 10.4. The number of benzene rings is 2. The van der Waals surface area contributed by atoms with Crippen LogP contribution in [0.25, 0.3) is 16.6 Å². The molecule has 0 unspecified atom stereocenters. The lowest BCUT2D eigenvalue weighted by atomic mass is 10.1. The Morgan fingerprint density at radius 2 is 1.73 bits per heavy atom. The van der Waals surface area contributed by atoms with Gasteiger partial charge in [-0.1, -0.05) is 15.9 Å². The number of hydrogen-bond acceptors (Lipinski definition) is 3. The molecular weight excluding hydrogens is 344 g/mol. The van der Waals surface area contributed by atoms with Crippen molar-refractivity contribution in [1.29, 1.82) is 0 Å². The second-order valence-electron chi connectivity index (χ2n) is 5.39.